The number of carboxylic acid groups (broad SMARTS) is 1. The van der Waals surface area contributed by atoms with E-state index in [0.717, 1.165) is 0 Å². The van der Waals surface area contributed by atoms with E-state index in [1.165, 1.54) is 0 Å². The summed E-state index contributed by atoms with van der Waals surface area (Å²) in [6.07, 6.45) is -1.45. The van der Waals surface area contributed by atoms with Crippen LogP contribution in [0, 0.1) is 0 Å². The third-order valence-electron chi connectivity index (χ3n) is 0.309. The van der Waals surface area contributed by atoms with Gasteiger partial charge in [0.05, 0.1) is 0 Å². The zero-order valence-corrected chi connectivity index (χ0v) is 3.81. The van der Waals surface area contributed by atoms with Crippen LogP contribution < -0.4 is 0 Å². The molecular formula is C2H3N3O3. The zero-order chi connectivity index (χ0) is 6.41. The predicted octanol–water partition coefficient (Wildman–Crippen LogP) is 0.949. The molecule has 44 valence electrons. The van der Waals surface area contributed by atoms with Gasteiger partial charge in [0, 0.05) is 4.91 Å². The van der Waals surface area contributed by atoms with E-state index in [2.05, 4.69) is 14.8 Å². The van der Waals surface area contributed by atoms with Crippen molar-refractivity contribution >= 4 is 6.16 Å². The Bertz CT molecular complexity index is 124. The summed E-state index contributed by atoms with van der Waals surface area (Å²) in [6.45, 7) is -0.466. The molecule has 0 aromatic heterocycles. The summed E-state index contributed by atoms with van der Waals surface area (Å²) in [7, 11) is 0. The molecule has 0 spiro atoms. The molecule has 6 nitrogen and oxygen atoms in total. The van der Waals surface area contributed by atoms with E-state index in [1.54, 1.807) is 0 Å². The smallest absolute Gasteiger partial charge is 0.450 e. The van der Waals surface area contributed by atoms with Crippen molar-refractivity contribution in [2.75, 3.05) is 6.73 Å². The standard InChI is InChI=1S/C2H3N3O3/c3-5-4-1-8-2(6)7/h1H2,(H,6,7). The van der Waals surface area contributed by atoms with Crippen molar-refractivity contribution in [1.29, 1.82) is 0 Å². The molecule has 0 amide bonds. The summed E-state index contributed by atoms with van der Waals surface area (Å²) in [5.41, 5.74) is 7.56. The Labute approximate surface area is 44.3 Å². The molecule has 0 radical (unpaired) electrons. The summed E-state index contributed by atoms with van der Waals surface area (Å²) < 4.78 is 3.78. The number of hydrogen-bond donors (Lipinski definition) is 1. The number of carbonyl (C=O) groups is 1. The van der Waals surface area contributed by atoms with Gasteiger partial charge in [-0.3, -0.25) is 0 Å². The minimum atomic E-state index is -1.45. The minimum absolute atomic E-state index is 0.466. The van der Waals surface area contributed by atoms with Gasteiger partial charge < -0.3 is 9.84 Å². The highest BCUT2D eigenvalue weighted by molar-refractivity contribution is 5.56. The maximum atomic E-state index is 9.47. The molecule has 0 aliphatic rings. The van der Waals surface area contributed by atoms with Crippen LogP contribution in [0.4, 0.5) is 4.79 Å². The lowest BCUT2D eigenvalue weighted by molar-refractivity contribution is 0.0941. The summed E-state index contributed by atoms with van der Waals surface area (Å²) >= 11 is 0. The highest BCUT2D eigenvalue weighted by Crippen LogP contribution is 1.75. The Morgan fingerprint density at radius 3 is 3.00 bits per heavy atom. The molecule has 0 saturated carbocycles. The van der Waals surface area contributed by atoms with Gasteiger partial charge in [0.15, 0.2) is 6.73 Å². The lowest BCUT2D eigenvalue weighted by Gasteiger charge is -1.87. The Morgan fingerprint density at radius 2 is 2.62 bits per heavy atom. The number of azide groups is 1. The quantitative estimate of drug-likeness (QED) is 0.252. The third kappa shape index (κ3) is 4.58. The van der Waals surface area contributed by atoms with Crippen LogP contribution in [-0.2, 0) is 4.74 Å². The molecule has 1 N–H and O–H groups in total. The van der Waals surface area contributed by atoms with Gasteiger partial charge in [-0.25, -0.2) is 4.79 Å². The first-order valence-electron chi connectivity index (χ1n) is 1.64. The number of nitrogens with zero attached hydrogens (tertiary/aromatic N) is 3. The molecule has 0 atom stereocenters. The van der Waals surface area contributed by atoms with Crippen molar-refractivity contribution in [1.82, 2.24) is 0 Å². The highest BCUT2D eigenvalue weighted by Gasteiger charge is 1.89. The molecule has 0 aliphatic heterocycles. The molecule has 0 bridgehead atoms. The van der Waals surface area contributed by atoms with E-state index in [0.29, 0.717) is 0 Å². The Kier molecular flexibility index (Phi) is 3.09. The lowest BCUT2D eigenvalue weighted by Crippen LogP contribution is -1.98. The monoisotopic (exact) mass is 117 g/mol. The SMILES string of the molecule is [N-]=[N+]=NCOC(=O)O. The molecule has 0 fully saturated rings. The van der Waals surface area contributed by atoms with E-state index in [-0.39, 0.29) is 0 Å². The molecule has 8 heavy (non-hydrogen) atoms. The molecule has 0 heterocycles. The summed E-state index contributed by atoms with van der Waals surface area (Å²) in [5.74, 6) is 0. The fourth-order valence-electron chi connectivity index (χ4n) is 0.110. The second-order valence-electron chi connectivity index (χ2n) is 0.770. The van der Waals surface area contributed by atoms with Gasteiger partial charge in [-0.2, -0.15) is 0 Å². The van der Waals surface area contributed by atoms with Crippen molar-refractivity contribution in [3.63, 3.8) is 0 Å². The largest absolute Gasteiger partial charge is 0.505 e. The second-order valence-corrected chi connectivity index (χ2v) is 0.770. The van der Waals surface area contributed by atoms with Crippen LogP contribution in [0.2, 0.25) is 0 Å². The Hall–Kier alpha value is -1.42. The normalized spacial score (nSPS) is 7.00. The average Bonchev–Trinajstić information content (AvgIpc) is 1.66. The van der Waals surface area contributed by atoms with Gasteiger partial charge in [0.25, 0.3) is 0 Å². The van der Waals surface area contributed by atoms with Gasteiger partial charge >= 0.3 is 6.16 Å². The van der Waals surface area contributed by atoms with E-state index < -0.39 is 12.9 Å². The maximum Gasteiger partial charge on any atom is 0.505 e. The van der Waals surface area contributed by atoms with Crippen molar-refractivity contribution < 1.29 is 14.6 Å². The molecular weight excluding hydrogens is 114 g/mol. The Morgan fingerprint density at radius 1 is 2.00 bits per heavy atom. The van der Waals surface area contributed by atoms with Crippen LogP contribution in [0.15, 0.2) is 5.11 Å². The fraction of sp³-hybridized carbons (Fsp3) is 0.500. The molecule has 6 heteroatoms. The van der Waals surface area contributed by atoms with Crippen molar-refractivity contribution in [2.45, 2.75) is 0 Å². The zero-order valence-electron chi connectivity index (χ0n) is 3.81. The number of rotatable bonds is 2. The van der Waals surface area contributed by atoms with Gasteiger partial charge in [-0.05, 0) is 5.53 Å². The summed E-state index contributed by atoms with van der Waals surface area (Å²) in [6, 6.07) is 0. The summed E-state index contributed by atoms with van der Waals surface area (Å²) in [4.78, 5) is 11.7. The number of ether oxygens (including phenoxy) is 1. The topological polar surface area (TPSA) is 95.3 Å². The molecule has 0 saturated heterocycles. The van der Waals surface area contributed by atoms with E-state index in [9.17, 15) is 4.79 Å². The Balaban J connectivity index is 3.18. The molecule has 0 unspecified atom stereocenters. The number of hydrogen-bond acceptors (Lipinski definition) is 3. The van der Waals surface area contributed by atoms with Crippen LogP contribution >= 0.6 is 0 Å². The van der Waals surface area contributed by atoms with Crippen molar-refractivity contribution in [3.05, 3.63) is 10.4 Å². The van der Waals surface area contributed by atoms with Gasteiger partial charge in [0.1, 0.15) is 0 Å². The molecule has 0 aromatic rings. The van der Waals surface area contributed by atoms with Crippen LogP contribution in [0.25, 0.3) is 10.4 Å². The van der Waals surface area contributed by atoms with Gasteiger partial charge in [-0.1, -0.05) is 5.11 Å². The minimum Gasteiger partial charge on any atom is -0.450 e. The van der Waals surface area contributed by atoms with Crippen LogP contribution in [0.5, 0.6) is 0 Å². The van der Waals surface area contributed by atoms with Gasteiger partial charge in [0.2, 0.25) is 0 Å². The first-order valence-corrected chi connectivity index (χ1v) is 1.64. The fourth-order valence-corrected chi connectivity index (χ4v) is 0.110. The summed E-state index contributed by atoms with van der Waals surface area (Å²) in [5, 5.41) is 10.5. The molecule has 0 rings (SSSR count). The average molecular weight is 117 g/mol. The van der Waals surface area contributed by atoms with Gasteiger partial charge in [-0.15, -0.1) is 0 Å². The van der Waals surface area contributed by atoms with Crippen molar-refractivity contribution in [2.24, 2.45) is 5.11 Å². The van der Waals surface area contributed by atoms with Crippen LogP contribution in [0.1, 0.15) is 0 Å². The first kappa shape index (κ1) is 6.58. The van der Waals surface area contributed by atoms with Crippen molar-refractivity contribution in [3.8, 4) is 0 Å². The predicted molar refractivity (Wildman–Crippen MR) is 23.1 cm³/mol. The van der Waals surface area contributed by atoms with Crippen LogP contribution in [-0.4, -0.2) is 18.0 Å². The molecule has 0 aromatic carbocycles. The molecule has 0 aliphatic carbocycles. The highest BCUT2D eigenvalue weighted by atomic mass is 16.7. The maximum absolute atomic E-state index is 9.47. The van der Waals surface area contributed by atoms with E-state index in [4.69, 9.17) is 10.6 Å². The van der Waals surface area contributed by atoms with E-state index >= 15 is 0 Å². The van der Waals surface area contributed by atoms with E-state index in [1.807, 2.05) is 0 Å². The lowest BCUT2D eigenvalue weighted by atomic mass is 11.2. The third-order valence-corrected chi connectivity index (χ3v) is 0.309. The van der Waals surface area contributed by atoms with Crippen LogP contribution in [0.3, 0.4) is 0 Å². The second kappa shape index (κ2) is 3.76. The first-order chi connectivity index (χ1) is 3.77.